The average molecular weight is 488 g/mol. The lowest BCUT2D eigenvalue weighted by Gasteiger charge is -2.14. The second-order valence-electron chi connectivity index (χ2n) is 7.29. The van der Waals surface area contributed by atoms with Crippen LogP contribution in [0.15, 0.2) is 66.7 Å². The van der Waals surface area contributed by atoms with E-state index in [-0.39, 0.29) is 5.69 Å². The smallest absolute Gasteiger partial charge is 0.494 e. The molecule has 0 aliphatic heterocycles. The summed E-state index contributed by atoms with van der Waals surface area (Å²) in [5.74, 6) is 1.38. The Kier molecular flexibility index (Phi) is 6.34. The molecule has 0 radical (unpaired) electrons. The Balaban J connectivity index is 1.61. The maximum atomic E-state index is 12.8. The molecule has 4 aromatic rings. The van der Waals surface area contributed by atoms with Gasteiger partial charge in [-0.2, -0.15) is 21.6 Å². The van der Waals surface area contributed by atoms with Gasteiger partial charge in [0.2, 0.25) is 0 Å². The highest BCUT2D eigenvalue weighted by Gasteiger charge is 2.46. The Hall–Kier alpha value is -3.79. The number of rotatable bonds is 7. The molecule has 10 heteroatoms. The van der Waals surface area contributed by atoms with Crippen molar-refractivity contribution in [3.05, 3.63) is 78.1 Å². The Morgan fingerprint density at radius 2 is 1.76 bits per heavy atom. The molecule has 0 fully saturated rings. The number of sulfonamides is 1. The number of hydrogen-bond donors (Lipinski definition) is 2. The molecule has 3 aromatic carbocycles. The minimum absolute atomic E-state index is 0.172. The van der Waals surface area contributed by atoms with Crippen molar-refractivity contribution in [1.82, 2.24) is 9.97 Å². The number of hydrogen-bond acceptors (Lipinski definition) is 4. The van der Waals surface area contributed by atoms with E-state index in [0.717, 1.165) is 11.3 Å². The maximum Gasteiger partial charge on any atom is 0.516 e. The zero-order valence-electron chi connectivity index (χ0n) is 17.9. The summed E-state index contributed by atoms with van der Waals surface area (Å²) in [4.78, 5) is 7.65. The Morgan fingerprint density at radius 1 is 1.03 bits per heavy atom. The van der Waals surface area contributed by atoms with Gasteiger partial charge >= 0.3 is 15.5 Å². The molecule has 0 bridgehead atoms. The summed E-state index contributed by atoms with van der Waals surface area (Å²) in [6.07, 6.45) is 3.69. The molecule has 1 aromatic heterocycles. The quantitative estimate of drug-likeness (QED) is 0.332. The van der Waals surface area contributed by atoms with Gasteiger partial charge in [-0.3, -0.25) is 4.72 Å². The molecular formula is C24H20F3N3O3S. The second kappa shape index (κ2) is 9.22. The molecule has 0 aliphatic carbocycles. The number of imidazole rings is 1. The Morgan fingerprint density at radius 3 is 2.47 bits per heavy atom. The van der Waals surface area contributed by atoms with E-state index >= 15 is 0 Å². The number of alkyl halides is 3. The lowest BCUT2D eigenvalue weighted by molar-refractivity contribution is -0.0429. The van der Waals surface area contributed by atoms with Crippen molar-refractivity contribution in [2.45, 2.75) is 12.4 Å². The first-order chi connectivity index (χ1) is 16.2. The lowest BCUT2D eigenvalue weighted by atomic mass is 10.0. The van der Waals surface area contributed by atoms with Gasteiger partial charge in [-0.25, -0.2) is 4.98 Å². The maximum absolute atomic E-state index is 12.8. The fraction of sp³-hybridized carbons (Fsp3) is 0.125. The number of fused-ring (bicyclic) bond motifs is 1. The molecule has 0 aliphatic rings. The minimum atomic E-state index is -5.55. The van der Waals surface area contributed by atoms with Crippen LogP contribution in [-0.2, 0) is 10.0 Å². The van der Waals surface area contributed by atoms with E-state index in [9.17, 15) is 21.6 Å². The number of aromatic amines is 1. The highest BCUT2D eigenvalue weighted by Crippen LogP contribution is 2.33. The summed E-state index contributed by atoms with van der Waals surface area (Å²) >= 11 is 0. The molecule has 0 amide bonds. The number of nitrogens with zero attached hydrogens (tertiary/aromatic N) is 1. The average Bonchev–Trinajstić information content (AvgIpc) is 3.20. The van der Waals surface area contributed by atoms with Crippen LogP contribution in [0.1, 0.15) is 18.3 Å². The van der Waals surface area contributed by atoms with E-state index in [1.807, 2.05) is 37.3 Å². The van der Waals surface area contributed by atoms with E-state index in [1.54, 1.807) is 41.1 Å². The molecular weight excluding hydrogens is 467 g/mol. The van der Waals surface area contributed by atoms with Crippen LogP contribution < -0.4 is 9.46 Å². The molecule has 0 atom stereocenters. The third kappa shape index (κ3) is 5.07. The van der Waals surface area contributed by atoms with Crippen molar-refractivity contribution in [3.8, 4) is 16.9 Å². The Labute approximate surface area is 194 Å². The third-order valence-corrected chi connectivity index (χ3v) is 6.01. The molecule has 0 saturated heterocycles. The van der Waals surface area contributed by atoms with Crippen LogP contribution in [-0.4, -0.2) is 30.5 Å². The molecule has 0 spiro atoms. The summed E-state index contributed by atoms with van der Waals surface area (Å²) in [6, 6.07) is 18.6. The molecule has 176 valence electrons. The van der Waals surface area contributed by atoms with Crippen molar-refractivity contribution in [2.24, 2.45) is 0 Å². The van der Waals surface area contributed by atoms with Crippen molar-refractivity contribution in [2.75, 3.05) is 11.3 Å². The van der Waals surface area contributed by atoms with Gasteiger partial charge in [0.15, 0.2) is 0 Å². The van der Waals surface area contributed by atoms with Crippen LogP contribution in [0.5, 0.6) is 5.75 Å². The monoisotopic (exact) mass is 487 g/mol. The number of ether oxygens (including phenoxy) is 1. The van der Waals surface area contributed by atoms with Crippen LogP contribution in [0.25, 0.3) is 34.3 Å². The van der Waals surface area contributed by atoms with Gasteiger partial charge in [0.05, 0.1) is 23.3 Å². The summed E-state index contributed by atoms with van der Waals surface area (Å²) in [5, 5.41) is 0. The third-order valence-electron chi connectivity index (χ3n) is 4.91. The molecule has 6 nitrogen and oxygen atoms in total. The highest BCUT2D eigenvalue weighted by atomic mass is 32.2. The van der Waals surface area contributed by atoms with Crippen molar-refractivity contribution < 1.29 is 26.3 Å². The summed E-state index contributed by atoms with van der Waals surface area (Å²) in [5.41, 5.74) is -2.50. The number of halogens is 3. The normalized spacial score (nSPS) is 12.4. The summed E-state index contributed by atoms with van der Waals surface area (Å²) in [6.45, 7) is 2.51. The van der Waals surface area contributed by atoms with E-state index in [0.29, 0.717) is 34.6 Å². The lowest BCUT2D eigenvalue weighted by Crippen LogP contribution is -2.30. The van der Waals surface area contributed by atoms with Gasteiger partial charge in [-0.15, -0.1) is 0 Å². The van der Waals surface area contributed by atoms with E-state index < -0.39 is 15.5 Å². The zero-order valence-corrected chi connectivity index (χ0v) is 18.7. The summed E-state index contributed by atoms with van der Waals surface area (Å²) in [7, 11) is -5.55. The van der Waals surface area contributed by atoms with Crippen LogP contribution in [0.3, 0.4) is 0 Å². The number of H-pyrrole nitrogens is 1. The van der Waals surface area contributed by atoms with Crippen molar-refractivity contribution >= 4 is 38.9 Å². The number of aromatic nitrogens is 2. The first-order valence-corrected chi connectivity index (χ1v) is 11.7. The Bertz CT molecular complexity index is 1440. The highest BCUT2D eigenvalue weighted by molar-refractivity contribution is 7.93. The van der Waals surface area contributed by atoms with Gasteiger partial charge in [0.25, 0.3) is 0 Å². The minimum Gasteiger partial charge on any atom is -0.494 e. The molecule has 34 heavy (non-hydrogen) atoms. The first-order valence-electron chi connectivity index (χ1n) is 10.3. The van der Waals surface area contributed by atoms with Gasteiger partial charge < -0.3 is 9.72 Å². The van der Waals surface area contributed by atoms with Crippen LogP contribution in [0.2, 0.25) is 0 Å². The van der Waals surface area contributed by atoms with Gasteiger partial charge in [0, 0.05) is 5.56 Å². The molecule has 0 saturated carbocycles. The zero-order chi connectivity index (χ0) is 24.3. The second-order valence-corrected chi connectivity index (χ2v) is 8.96. The fourth-order valence-corrected chi connectivity index (χ4v) is 3.90. The van der Waals surface area contributed by atoms with Gasteiger partial charge in [-0.05, 0) is 54.5 Å². The standard InChI is InChI=1S/C24H20F3N3O3S/c1-2-33-18-11-7-16(8-12-18)9-14-23-28-21-13-10-17(15-22(21)29-23)19-5-3-4-6-20(19)30-34(31,32)24(25,26)27/h3-15,30H,2H2,1H3,(H,28,29)/b14-9+. The summed E-state index contributed by atoms with van der Waals surface area (Å²) < 4.78 is 68.8. The van der Waals surface area contributed by atoms with Crippen LogP contribution in [0, 0.1) is 0 Å². The number of para-hydroxylation sites is 1. The predicted molar refractivity (Wildman–Crippen MR) is 127 cm³/mol. The van der Waals surface area contributed by atoms with Crippen molar-refractivity contribution in [1.29, 1.82) is 0 Å². The molecule has 4 rings (SSSR count). The van der Waals surface area contributed by atoms with Gasteiger partial charge in [-0.1, -0.05) is 42.5 Å². The van der Waals surface area contributed by atoms with Crippen LogP contribution >= 0.6 is 0 Å². The van der Waals surface area contributed by atoms with Crippen molar-refractivity contribution in [3.63, 3.8) is 0 Å². The number of anilines is 1. The largest absolute Gasteiger partial charge is 0.516 e. The SMILES string of the molecule is CCOc1ccc(/C=C/c2nc3ccc(-c4ccccc4NS(=O)(=O)C(F)(F)F)cc3[nH]2)cc1. The van der Waals surface area contributed by atoms with E-state index in [2.05, 4.69) is 9.97 Å². The first kappa shape index (κ1) is 23.4. The topological polar surface area (TPSA) is 84.1 Å². The predicted octanol–water partition coefficient (Wildman–Crippen LogP) is 6.06. The molecule has 1 heterocycles. The van der Waals surface area contributed by atoms with E-state index in [1.165, 1.54) is 12.1 Å². The van der Waals surface area contributed by atoms with Gasteiger partial charge in [0.1, 0.15) is 11.6 Å². The van der Waals surface area contributed by atoms with E-state index in [4.69, 9.17) is 4.74 Å². The fourth-order valence-electron chi connectivity index (χ4n) is 3.32. The molecule has 0 unspecified atom stereocenters. The number of benzene rings is 3. The number of nitrogens with one attached hydrogen (secondary N) is 2. The molecule has 2 N–H and O–H groups in total. The van der Waals surface area contributed by atoms with Crippen LogP contribution in [0.4, 0.5) is 18.9 Å².